The first-order valence-electron chi connectivity index (χ1n) is 8.29. The second-order valence-electron chi connectivity index (χ2n) is 6.44. The molecule has 1 aliphatic heterocycles. The molecule has 2 aromatic rings. The number of anilines is 2. The molecule has 0 fully saturated rings. The Hall–Kier alpha value is -2.42. The Morgan fingerprint density at radius 3 is 3.00 bits per heavy atom. The number of rotatable bonds is 3. The van der Waals surface area contributed by atoms with E-state index in [0.717, 1.165) is 43.1 Å². The van der Waals surface area contributed by atoms with Crippen LogP contribution in [-0.4, -0.2) is 19.2 Å². The van der Waals surface area contributed by atoms with Crippen molar-refractivity contribution in [3.8, 4) is 5.75 Å². The highest BCUT2D eigenvalue weighted by atomic mass is 16.5. The van der Waals surface area contributed by atoms with Crippen LogP contribution in [0.25, 0.3) is 5.57 Å². The standard InChI is InChI=1S/C20H22N2O/c1-14-13-22(19-9-8-17(21)12-20(19)23-14)11-10-16-7-6-15-4-2-3-5-18(15)16/h2-5,7-9,12,14H,6,10-11,13,21H2,1H3. The van der Waals surface area contributed by atoms with E-state index in [4.69, 9.17) is 10.5 Å². The summed E-state index contributed by atoms with van der Waals surface area (Å²) in [5, 5.41) is 0. The number of hydrogen-bond donors (Lipinski definition) is 1. The summed E-state index contributed by atoms with van der Waals surface area (Å²) in [5.74, 6) is 0.907. The monoisotopic (exact) mass is 306 g/mol. The minimum atomic E-state index is 0.189. The van der Waals surface area contributed by atoms with Gasteiger partial charge >= 0.3 is 0 Å². The van der Waals surface area contributed by atoms with Crippen molar-refractivity contribution in [2.45, 2.75) is 25.9 Å². The van der Waals surface area contributed by atoms with Crippen LogP contribution in [0, 0.1) is 0 Å². The van der Waals surface area contributed by atoms with Gasteiger partial charge in [0, 0.05) is 18.3 Å². The van der Waals surface area contributed by atoms with Crippen LogP contribution in [0.2, 0.25) is 0 Å². The van der Waals surface area contributed by atoms with Crippen LogP contribution in [0.5, 0.6) is 5.75 Å². The van der Waals surface area contributed by atoms with E-state index in [1.54, 1.807) is 0 Å². The van der Waals surface area contributed by atoms with Gasteiger partial charge in [0.1, 0.15) is 11.9 Å². The van der Waals surface area contributed by atoms with Gasteiger partial charge in [0.05, 0.1) is 12.2 Å². The van der Waals surface area contributed by atoms with Crippen LogP contribution in [0.15, 0.2) is 48.5 Å². The van der Waals surface area contributed by atoms with Gasteiger partial charge in [0.2, 0.25) is 0 Å². The number of allylic oxidation sites excluding steroid dienone is 1. The maximum absolute atomic E-state index is 5.93. The van der Waals surface area contributed by atoms with Crippen LogP contribution in [0.1, 0.15) is 24.5 Å². The Balaban J connectivity index is 1.52. The summed E-state index contributed by atoms with van der Waals surface area (Å²) in [6.45, 7) is 4.04. The zero-order valence-corrected chi connectivity index (χ0v) is 13.5. The molecule has 2 aromatic carbocycles. The van der Waals surface area contributed by atoms with E-state index in [-0.39, 0.29) is 6.10 Å². The van der Waals surface area contributed by atoms with Gasteiger partial charge in [-0.15, -0.1) is 0 Å². The number of hydrogen-bond acceptors (Lipinski definition) is 3. The van der Waals surface area contributed by atoms with Crippen LogP contribution in [0.4, 0.5) is 11.4 Å². The zero-order valence-electron chi connectivity index (χ0n) is 13.5. The third-order valence-corrected chi connectivity index (χ3v) is 4.71. The smallest absolute Gasteiger partial charge is 0.145 e. The Bertz CT molecular complexity index is 766. The summed E-state index contributed by atoms with van der Waals surface area (Å²) in [6, 6.07) is 14.7. The number of ether oxygens (including phenoxy) is 1. The molecule has 0 bridgehead atoms. The predicted octanol–water partition coefficient (Wildman–Crippen LogP) is 3.89. The van der Waals surface area contributed by atoms with E-state index >= 15 is 0 Å². The lowest BCUT2D eigenvalue weighted by atomic mass is 10.0. The van der Waals surface area contributed by atoms with Crippen molar-refractivity contribution in [2.24, 2.45) is 0 Å². The third kappa shape index (κ3) is 2.67. The number of benzene rings is 2. The quantitative estimate of drug-likeness (QED) is 0.874. The molecule has 1 unspecified atom stereocenters. The zero-order chi connectivity index (χ0) is 15.8. The van der Waals surface area contributed by atoms with Crippen LogP contribution < -0.4 is 15.4 Å². The molecule has 0 saturated carbocycles. The lowest BCUT2D eigenvalue weighted by Gasteiger charge is -2.35. The van der Waals surface area contributed by atoms with Gasteiger partial charge in [0.25, 0.3) is 0 Å². The second kappa shape index (κ2) is 5.65. The molecule has 1 heterocycles. The molecular weight excluding hydrogens is 284 g/mol. The van der Waals surface area contributed by atoms with E-state index in [9.17, 15) is 0 Å². The molecule has 1 aliphatic carbocycles. The molecule has 3 nitrogen and oxygen atoms in total. The highest BCUT2D eigenvalue weighted by Crippen LogP contribution is 2.36. The molecule has 23 heavy (non-hydrogen) atoms. The van der Waals surface area contributed by atoms with Gasteiger partial charge in [-0.3, -0.25) is 0 Å². The Morgan fingerprint density at radius 2 is 2.09 bits per heavy atom. The van der Waals surface area contributed by atoms with E-state index in [1.165, 1.54) is 16.7 Å². The molecule has 0 amide bonds. The average molecular weight is 306 g/mol. The molecule has 2 aliphatic rings. The van der Waals surface area contributed by atoms with Crippen molar-refractivity contribution >= 4 is 16.9 Å². The van der Waals surface area contributed by atoms with Crippen molar-refractivity contribution in [1.29, 1.82) is 0 Å². The summed E-state index contributed by atoms with van der Waals surface area (Å²) in [4.78, 5) is 2.42. The van der Waals surface area contributed by atoms with Crippen molar-refractivity contribution in [2.75, 3.05) is 23.7 Å². The summed E-state index contributed by atoms with van der Waals surface area (Å²) in [5.41, 5.74) is 12.1. The van der Waals surface area contributed by atoms with Gasteiger partial charge in [-0.2, -0.15) is 0 Å². The summed E-state index contributed by atoms with van der Waals surface area (Å²) < 4.78 is 5.93. The molecule has 0 radical (unpaired) electrons. The summed E-state index contributed by atoms with van der Waals surface area (Å²) in [6.07, 6.45) is 4.69. The second-order valence-corrected chi connectivity index (χ2v) is 6.44. The highest BCUT2D eigenvalue weighted by molar-refractivity contribution is 5.74. The predicted molar refractivity (Wildman–Crippen MR) is 95.9 cm³/mol. The molecule has 2 N–H and O–H groups in total. The third-order valence-electron chi connectivity index (χ3n) is 4.71. The number of nitrogens with zero attached hydrogens (tertiary/aromatic N) is 1. The fourth-order valence-electron chi connectivity index (χ4n) is 3.61. The minimum absolute atomic E-state index is 0.189. The molecule has 0 aromatic heterocycles. The van der Waals surface area contributed by atoms with Crippen LogP contribution in [-0.2, 0) is 6.42 Å². The summed E-state index contributed by atoms with van der Waals surface area (Å²) >= 11 is 0. The highest BCUT2D eigenvalue weighted by Gasteiger charge is 2.23. The Morgan fingerprint density at radius 1 is 1.22 bits per heavy atom. The van der Waals surface area contributed by atoms with Crippen LogP contribution >= 0.6 is 0 Å². The van der Waals surface area contributed by atoms with Gasteiger partial charge in [-0.05, 0) is 48.6 Å². The topological polar surface area (TPSA) is 38.5 Å². The van der Waals surface area contributed by atoms with E-state index in [1.807, 2.05) is 12.1 Å². The van der Waals surface area contributed by atoms with Gasteiger partial charge < -0.3 is 15.4 Å². The average Bonchev–Trinajstić information content (AvgIpc) is 2.95. The summed E-state index contributed by atoms with van der Waals surface area (Å²) in [7, 11) is 0. The minimum Gasteiger partial charge on any atom is -0.487 e. The largest absolute Gasteiger partial charge is 0.487 e. The van der Waals surface area contributed by atoms with Gasteiger partial charge in [0.15, 0.2) is 0 Å². The Labute approximate surface area is 137 Å². The molecule has 3 heteroatoms. The van der Waals surface area contributed by atoms with E-state index < -0.39 is 0 Å². The fraction of sp³-hybridized carbons (Fsp3) is 0.300. The number of nitrogens with two attached hydrogens (primary N) is 1. The maximum atomic E-state index is 5.93. The van der Waals surface area contributed by atoms with Gasteiger partial charge in [-0.1, -0.05) is 30.3 Å². The lowest BCUT2D eigenvalue weighted by Crippen LogP contribution is -2.39. The number of fused-ring (bicyclic) bond motifs is 2. The maximum Gasteiger partial charge on any atom is 0.145 e. The number of nitrogen functional groups attached to an aromatic ring is 1. The van der Waals surface area contributed by atoms with E-state index in [0.29, 0.717) is 0 Å². The molecule has 1 atom stereocenters. The Kier molecular flexibility index (Phi) is 3.49. The molecule has 118 valence electrons. The first kappa shape index (κ1) is 14.2. The van der Waals surface area contributed by atoms with Crippen molar-refractivity contribution in [3.63, 3.8) is 0 Å². The molecule has 0 spiro atoms. The fourth-order valence-corrected chi connectivity index (χ4v) is 3.61. The van der Waals surface area contributed by atoms with Crippen LogP contribution in [0.3, 0.4) is 0 Å². The van der Waals surface area contributed by atoms with Crippen molar-refractivity contribution < 1.29 is 4.74 Å². The first-order chi connectivity index (χ1) is 11.2. The SMILES string of the molecule is CC1CN(CCC2=CCc3ccccc32)c2ccc(N)cc2O1. The van der Waals surface area contributed by atoms with E-state index in [2.05, 4.69) is 48.2 Å². The lowest BCUT2D eigenvalue weighted by molar-refractivity contribution is 0.213. The normalized spacial score (nSPS) is 18.9. The molecular formula is C20H22N2O. The molecule has 4 rings (SSSR count). The van der Waals surface area contributed by atoms with Crippen molar-refractivity contribution in [3.05, 3.63) is 59.7 Å². The first-order valence-corrected chi connectivity index (χ1v) is 8.29. The van der Waals surface area contributed by atoms with Gasteiger partial charge in [-0.25, -0.2) is 0 Å². The molecule has 0 saturated heterocycles. The van der Waals surface area contributed by atoms with Crippen molar-refractivity contribution in [1.82, 2.24) is 0 Å².